The lowest BCUT2D eigenvalue weighted by Gasteiger charge is -2.39. The van der Waals surface area contributed by atoms with Crippen LogP contribution in [0.4, 0.5) is 0 Å². The molecule has 0 radical (unpaired) electrons. The Kier molecular flexibility index (Phi) is 0.781. The molecule has 0 spiro atoms. The van der Waals surface area contributed by atoms with Crippen molar-refractivity contribution in [3.05, 3.63) is 0 Å². The van der Waals surface area contributed by atoms with Gasteiger partial charge in [-0.3, -0.25) is 4.79 Å². The molecular formula is C9H12O. The zero-order chi connectivity index (χ0) is 6.72. The number of Topliss-reactive ketones (excluding diaryl/α,β-unsaturated/α-hetero) is 1. The summed E-state index contributed by atoms with van der Waals surface area (Å²) in [6.45, 7) is 0. The maximum Gasteiger partial charge on any atom is 0.136 e. The summed E-state index contributed by atoms with van der Waals surface area (Å²) in [6.07, 6.45) is 4.98. The van der Waals surface area contributed by atoms with E-state index in [0.717, 1.165) is 24.2 Å². The average Bonchev–Trinajstić information content (AvgIpc) is 2.17. The molecule has 10 heavy (non-hydrogen) atoms. The molecular weight excluding hydrogens is 124 g/mol. The Morgan fingerprint density at radius 3 is 2.50 bits per heavy atom. The van der Waals surface area contributed by atoms with Gasteiger partial charge in [0.05, 0.1) is 0 Å². The van der Waals surface area contributed by atoms with Crippen molar-refractivity contribution in [3.63, 3.8) is 0 Å². The zero-order valence-electron chi connectivity index (χ0n) is 6.05. The van der Waals surface area contributed by atoms with Crippen LogP contribution in [-0.4, -0.2) is 5.78 Å². The quantitative estimate of drug-likeness (QED) is 0.494. The highest BCUT2D eigenvalue weighted by atomic mass is 16.1. The van der Waals surface area contributed by atoms with E-state index in [0.29, 0.717) is 11.7 Å². The predicted octanol–water partition coefficient (Wildman–Crippen LogP) is 1.62. The summed E-state index contributed by atoms with van der Waals surface area (Å²) >= 11 is 0. The Balaban J connectivity index is 1.97. The second-order valence-corrected chi connectivity index (χ2v) is 4.18. The first-order valence-electron chi connectivity index (χ1n) is 4.39. The monoisotopic (exact) mass is 136 g/mol. The molecule has 2 bridgehead atoms. The van der Waals surface area contributed by atoms with Gasteiger partial charge in [0.15, 0.2) is 0 Å². The van der Waals surface area contributed by atoms with Crippen LogP contribution in [0.1, 0.15) is 25.7 Å². The molecule has 0 N–H and O–H groups in total. The van der Waals surface area contributed by atoms with Gasteiger partial charge in [-0.15, -0.1) is 0 Å². The summed E-state index contributed by atoms with van der Waals surface area (Å²) in [4.78, 5) is 11.2. The van der Waals surface area contributed by atoms with Gasteiger partial charge < -0.3 is 0 Å². The van der Waals surface area contributed by atoms with Crippen molar-refractivity contribution in [1.82, 2.24) is 0 Å². The average molecular weight is 136 g/mol. The smallest absolute Gasteiger partial charge is 0.136 e. The Labute approximate surface area is 60.8 Å². The van der Waals surface area contributed by atoms with Crippen molar-refractivity contribution < 1.29 is 4.79 Å². The van der Waals surface area contributed by atoms with E-state index in [2.05, 4.69) is 0 Å². The summed E-state index contributed by atoms with van der Waals surface area (Å²) < 4.78 is 0. The summed E-state index contributed by atoms with van der Waals surface area (Å²) in [5, 5.41) is 0. The van der Waals surface area contributed by atoms with Crippen LogP contribution in [-0.2, 0) is 4.79 Å². The van der Waals surface area contributed by atoms with Gasteiger partial charge in [-0.2, -0.15) is 0 Å². The predicted molar refractivity (Wildman–Crippen MR) is 37.4 cm³/mol. The zero-order valence-corrected chi connectivity index (χ0v) is 6.05. The fourth-order valence-electron chi connectivity index (χ4n) is 3.33. The lowest BCUT2D eigenvalue weighted by molar-refractivity contribution is -0.126. The van der Waals surface area contributed by atoms with Crippen molar-refractivity contribution >= 4 is 5.78 Å². The molecule has 4 unspecified atom stereocenters. The second kappa shape index (κ2) is 1.46. The molecule has 4 atom stereocenters. The van der Waals surface area contributed by atoms with Gasteiger partial charge in [0.2, 0.25) is 0 Å². The molecule has 0 aromatic carbocycles. The van der Waals surface area contributed by atoms with Crippen LogP contribution < -0.4 is 0 Å². The van der Waals surface area contributed by atoms with Gasteiger partial charge in [-0.05, 0) is 37.0 Å². The minimum atomic E-state index is 0.531. The van der Waals surface area contributed by atoms with Gasteiger partial charge in [0.25, 0.3) is 0 Å². The standard InChI is InChI=1S/C9H12O/c10-9-4-5-3-8(9)7-2-1-6(5)7/h5-8H,1-4H2. The Hall–Kier alpha value is -0.330. The molecule has 3 aliphatic carbocycles. The molecule has 0 saturated heterocycles. The number of carbonyl (C=O) groups excluding carboxylic acids is 1. The fourth-order valence-corrected chi connectivity index (χ4v) is 3.33. The number of ketones is 1. The van der Waals surface area contributed by atoms with E-state index in [9.17, 15) is 4.79 Å². The van der Waals surface area contributed by atoms with Crippen molar-refractivity contribution in [2.24, 2.45) is 23.7 Å². The molecule has 54 valence electrons. The minimum Gasteiger partial charge on any atom is -0.299 e. The minimum absolute atomic E-state index is 0.531. The van der Waals surface area contributed by atoms with Crippen LogP contribution in [0.25, 0.3) is 0 Å². The molecule has 0 amide bonds. The van der Waals surface area contributed by atoms with E-state index in [1.807, 2.05) is 0 Å². The van der Waals surface area contributed by atoms with E-state index in [1.54, 1.807) is 0 Å². The largest absolute Gasteiger partial charge is 0.299 e. The highest BCUT2D eigenvalue weighted by Crippen LogP contribution is 2.59. The molecule has 0 aromatic rings. The number of carbonyl (C=O) groups is 1. The highest BCUT2D eigenvalue weighted by Gasteiger charge is 2.55. The topological polar surface area (TPSA) is 17.1 Å². The van der Waals surface area contributed by atoms with Crippen LogP contribution in [0.2, 0.25) is 0 Å². The number of fused-ring (bicyclic) bond motifs is 5. The number of rotatable bonds is 0. The number of hydrogen-bond donors (Lipinski definition) is 0. The van der Waals surface area contributed by atoms with Crippen LogP contribution in [0.3, 0.4) is 0 Å². The Bertz CT molecular complexity index is 195. The molecule has 0 aromatic heterocycles. The van der Waals surface area contributed by atoms with E-state index in [1.165, 1.54) is 19.3 Å². The first kappa shape index (κ1) is 5.34. The fraction of sp³-hybridized carbons (Fsp3) is 0.889. The third-order valence-corrected chi connectivity index (χ3v) is 3.94. The first-order valence-corrected chi connectivity index (χ1v) is 4.39. The van der Waals surface area contributed by atoms with E-state index >= 15 is 0 Å². The molecule has 0 heterocycles. The maximum absolute atomic E-state index is 11.2. The molecule has 3 rings (SSSR count). The Morgan fingerprint density at radius 2 is 2.00 bits per heavy atom. The van der Waals surface area contributed by atoms with Crippen molar-refractivity contribution in [2.75, 3.05) is 0 Å². The lowest BCUT2D eigenvalue weighted by atomic mass is 9.65. The second-order valence-electron chi connectivity index (χ2n) is 4.18. The van der Waals surface area contributed by atoms with Crippen molar-refractivity contribution in [2.45, 2.75) is 25.7 Å². The van der Waals surface area contributed by atoms with Gasteiger partial charge >= 0.3 is 0 Å². The third kappa shape index (κ3) is 0.415. The van der Waals surface area contributed by atoms with Gasteiger partial charge in [0, 0.05) is 12.3 Å². The van der Waals surface area contributed by atoms with E-state index in [4.69, 9.17) is 0 Å². The molecule has 3 aliphatic rings. The van der Waals surface area contributed by atoms with Gasteiger partial charge in [-0.25, -0.2) is 0 Å². The maximum atomic E-state index is 11.2. The van der Waals surface area contributed by atoms with Gasteiger partial charge in [-0.1, -0.05) is 0 Å². The summed E-state index contributed by atoms with van der Waals surface area (Å²) in [5.74, 6) is 3.79. The molecule has 3 saturated carbocycles. The molecule has 1 heteroatoms. The van der Waals surface area contributed by atoms with E-state index < -0.39 is 0 Å². The van der Waals surface area contributed by atoms with Crippen LogP contribution in [0.5, 0.6) is 0 Å². The number of hydrogen-bond acceptors (Lipinski definition) is 1. The van der Waals surface area contributed by atoms with Crippen LogP contribution >= 0.6 is 0 Å². The van der Waals surface area contributed by atoms with Crippen LogP contribution in [0.15, 0.2) is 0 Å². The summed E-state index contributed by atoms with van der Waals surface area (Å²) in [5.41, 5.74) is 0. The van der Waals surface area contributed by atoms with Crippen molar-refractivity contribution in [1.29, 1.82) is 0 Å². The molecule has 0 aliphatic heterocycles. The highest BCUT2D eigenvalue weighted by molar-refractivity contribution is 5.85. The van der Waals surface area contributed by atoms with Crippen LogP contribution in [0, 0.1) is 23.7 Å². The third-order valence-electron chi connectivity index (χ3n) is 3.94. The summed E-state index contributed by atoms with van der Waals surface area (Å²) in [7, 11) is 0. The SMILES string of the molecule is O=C1CC2CC1C1CCC21. The molecule has 1 nitrogen and oxygen atoms in total. The summed E-state index contributed by atoms with van der Waals surface area (Å²) in [6, 6.07) is 0. The first-order chi connectivity index (χ1) is 4.86. The Morgan fingerprint density at radius 1 is 1.20 bits per heavy atom. The molecule has 3 fully saturated rings. The van der Waals surface area contributed by atoms with Gasteiger partial charge in [0.1, 0.15) is 5.78 Å². The van der Waals surface area contributed by atoms with Crippen molar-refractivity contribution in [3.8, 4) is 0 Å². The normalized spacial score (nSPS) is 56.6. The van der Waals surface area contributed by atoms with E-state index in [-0.39, 0.29) is 0 Å². The lowest BCUT2D eigenvalue weighted by Crippen LogP contribution is -2.35.